The third kappa shape index (κ3) is 3.73. The van der Waals surface area contributed by atoms with Crippen LogP contribution in [0.4, 0.5) is 0 Å². The van der Waals surface area contributed by atoms with E-state index in [1.807, 2.05) is 6.92 Å². The second kappa shape index (κ2) is 5.31. The summed E-state index contributed by atoms with van der Waals surface area (Å²) in [5, 5.41) is 0. The highest BCUT2D eigenvalue weighted by molar-refractivity contribution is 5.81. The topological polar surface area (TPSA) is 36.4 Å². The Morgan fingerprint density at radius 3 is 2.78 bits per heavy atom. The zero-order chi connectivity index (χ0) is 7.11. The van der Waals surface area contributed by atoms with Crippen molar-refractivity contribution in [2.24, 2.45) is 4.99 Å². The van der Waals surface area contributed by atoms with Crippen molar-refractivity contribution >= 4 is 5.84 Å². The molecule has 0 aliphatic heterocycles. The fourth-order valence-electron chi connectivity index (χ4n) is 0.466. The molecule has 0 saturated carbocycles. The van der Waals surface area contributed by atoms with Crippen LogP contribution in [0.15, 0.2) is 17.8 Å². The van der Waals surface area contributed by atoms with Crippen LogP contribution in [-0.2, 0) is 0 Å². The highest BCUT2D eigenvalue weighted by atomic mass is 15.4. The molecule has 0 atom stereocenters. The van der Waals surface area contributed by atoms with Gasteiger partial charge in [0.05, 0.1) is 0 Å². The van der Waals surface area contributed by atoms with E-state index in [4.69, 9.17) is 0 Å². The lowest BCUT2D eigenvalue weighted by molar-refractivity contribution is 0.754. The van der Waals surface area contributed by atoms with Gasteiger partial charge in [-0.1, -0.05) is 13.5 Å². The number of hydrogen-bond donors (Lipinski definition) is 2. The molecule has 0 bridgehead atoms. The standard InChI is InChI=1S/C6H13N3/c1-4-6(8-5-2)9-7-3/h5,7H,2,4H2,1,3H3,(H,8,9). The molecule has 0 radical (unpaired) electrons. The summed E-state index contributed by atoms with van der Waals surface area (Å²) in [6, 6.07) is 0. The lowest BCUT2D eigenvalue weighted by Crippen LogP contribution is -2.33. The second-order valence-electron chi connectivity index (χ2n) is 1.49. The van der Waals surface area contributed by atoms with E-state index >= 15 is 0 Å². The van der Waals surface area contributed by atoms with Crippen molar-refractivity contribution in [2.45, 2.75) is 13.3 Å². The van der Waals surface area contributed by atoms with Gasteiger partial charge in [-0.2, -0.15) is 0 Å². The molecule has 0 heterocycles. The molecule has 2 N–H and O–H groups in total. The minimum Gasteiger partial charge on any atom is -0.310 e. The van der Waals surface area contributed by atoms with Crippen LogP contribution in [0.25, 0.3) is 0 Å². The van der Waals surface area contributed by atoms with Gasteiger partial charge in [-0.25, -0.2) is 10.4 Å². The fraction of sp³-hybridized carbons (Fsp3) is 0.500. The summed E-state index contributed by atoms with van der Waals surface area (Å²) in [6.45, 7) is 5.50. The fourth-order valence-corrected chi connectivity index (χ4v) is 0.466. The Labute approximate surface area is 55.8 Å². The first-order valence-corrected chi connectivity index (χ1v) is 2.95. The lowest BCUT2D eigenvalue weighted by atomic mass is 10.4. The van der Waals surface area contributed by atoms with Crippen molar-refractivity contribution in [3.63, 3.8) is 0 Å². The van der Waals surface area contributed by atoms with Gasteiger partial charge >= 0.3 is 0 Å². The summed E-state index contributed by atoms with van der Waals surface area (Å²) in [4.78, 5) is 3.94. The van der Waals surface area contributed by atoms with Crippen molar-refractivity contribution in [2.75, 3.05) is 7.05 Å². The van der Waals surface area contributed by atoms with E-state index in [2.05, 4.69) is 22.4 Å². The molecule has 0 unspecified atom stereocenters. The van der Waals surface area contributed by atoms with Crippen molar-refractivity contribution in [3.8, 4) is 0 Å². The van der Waals surface area contributed by atoms with Crippen molar-refractivity contribution in [3.05, 3.63) is 12.8 Å². The van der Waals surface area contributed by atoms with Gasteiger partial charge in [0.1, 0.15) is 5.84 Å². The predicted molar refractivity (Wildman–Crippen MR) is 40.1 cm³/mol. The highest BCUT2D eigenvalue weighted by Gasteiger charge is 1.86. The first-order chi connectivity index (χ1) is 4.35. The van der Waals surface area contributed by atoms with Gasteiger partial charge in [0.2, 0.25) is 0 Å². The molecule has 0 rings (SSSR count). The van der Waals surface area contributed by atoms with Gasteiger partial charge in [-0.05, 0) is 0 Å². The Morgan fingerprint density at radius 2 is 2.44 bits per heavy atom. The van der Waals surface area contributed by atoms with Crippen LogP contribution in [0.3, 0.4) is 0 Å². The Kier molecular flexibility index (Phi) is 4.82. The molecule has 3 nitrogen and oxygen atoms in total. The van der Waals surface area contributed by atoms with Crippen molar-refractivity contribution in [1.29, 1.82) is 0 Å². The van der Waals surface area contributed by atoms with E-state index in [9.17, 15) is 0 Å². The maximum absolute atomic E-state index is 3.94. The number of nitrogens with one attached hydrogen (secondary N) is 2. The quantitative estimate of drug-likeness (QED) is 0.332. The number of amidine groups is 1. The van der Waals surface area contributed by atoms with Gasteiger partial charge in [0.15, 0.2) is 0 Å². The number of rotatable bonds is 3. The van der Waals surface area contributed by atoms with E-state index < -0.39 is 0 Å². The zero-order valence-corrected chi connectivity index (χ0v) is 5.94. The minimum absolute atomic E-state index is 0.882. The molecular weight excluding hydrogens is 114 g/mol. The van der Waals surface area contributed by atoms with Crippen molar-refractivity contribution in [1.82, 2.24) is 10.9 Å². The number of aliphatic imine (C=N–C) groups is 1. The molecule has 0 aromatic carbocycles. The highest BCUT2D eigenvalue weighted by Crippen LogP contribution is 1.79. The molecule has 0 fully saturated rings. The van der Waals surface area contributed by atoms with Gasteiger partial charge in [0, 0.05) is 19.7 Å². The van der Waals surface area contributed by atoms with Crippen LogP contribution >= 0.6 is 0 Å². The first kappa shape index (κ1) is 8.17. The molecule has 52 valence electrons. The van der Waals surface area contributed by atoms with Gasteiger partial charge in [-0.15, -0.1) is 0 Å². The average molecular weight is 127 g/mol. The molecule has 0 aliphatic rings. The van der Waals surface area contributed by atoms with Gasteiger partial charge in [0.25, 0.3) is 0 Å². The normalized spacial score (nSPS) is 11.1. The monoisotopic (exact) mass is 127 g/mol. The summed E-state index contributed by atoms with van der Waals surface area (Å²) < 4.78 is 0. The van der Waals surface area contributed by atoms with Crippen LogP contribution in [0.1, 0.15) is 13.3 Å². The summed E-state index contributed by atoms with van der Waals surface area (Å²) in [7, 11) is 1.80. The molecule has 0 spiro atoms. The summed E-state index contributed by atoms with van der Waals surface area (Å²) >= 11 is 0. The molecule has 3 heteroatoms. The maximum Gasteiger partial charge on any atom is 0.115 e. The maximum atomic E-state index is 3.94. The molecule has 0 aliphatic carbocycles. The Balaban J connectivity index is 3.66. The molecule has 0 amide bonds. The SMILES string of the molecule is C=CN=C(CC)NNC. The van der Waals surface area contributed by atoms with Gasteiger partial charge < -0.3 is 5.43 Å². The summed E-state index contributed by atoms with van der Waals surface area (Å²) in [5.74, 6) is 0.896. The second-order valence-corrected chi connectivity index (χ2v) is 1.49. The van der Waals surface area contributed by atoms with Gasteiger partial charge in [-0.3, -0.25) is 0 Å². The van der Waals surface area contributed by atoms with Crippen LogP contribution < -0.4 is 10.9 Å². The molecule has 0 aromatic heterocycles. The Hall–Kier alpha value is -0.830. The lowest BCUT2D eigenvalue weighted by Gasteiger charge is -2.02. The molecule has 9 heavy (non-hydrogen) atoms. The van der Waals surface area contributed by atoms with E-state index in [0.717, 1.165) is 12.3 Å². The van der Waals surface area contributed by atoms with E-state index in [1.165, 1.54) is 6.20 Å². The van der Waals surface area contributed by atoms with Crippen LogP contribution in [-0.4, -0.2) is 12.9 Å². The van der Waals surface area contributed by atoms with Crippen LogP contribution in [0.2, 0.25) is 0 Å². The molecule has 0 aromatic rings. The number of nitrogens with zero attached hydrogens (tertiary/aromatic N) is 1. The van der Waals surface area contributed by atoms with E-state index in [1.54, 1.807) is 7.05 Å². The average Bonchev–Trinajstić information content (AvgIpc) is 1.88. The summed E-state index contributed by atoms with van der Waals surface area (Å²) in [6.07, 6.45) is 2.40. The van der Waals surface area contributed by atoms with Crippen LogP contribution in [0, 0.1) is 0 Å². The minimum atomic E-state index is 0.882. The first-order valence-electron chi connectivity index (χ1n) is 2.95. The third-order valence-corrected chi connectivity index (χ3v) is 0.851. The third-order valence-electron chi connectivity index (χ3n) is 0.851. The number of hydrogen-bond acceptors (Lipinski definition) is 2. The Bertz CT molecular complexity index is 107. The molecular formula is C6H13N3. The Morgan fingerprint density at radius 1 is 1.78 bits per heavy atom. The van der Waals surface area contributed by atoms with E-state index in [0.29, 0.717) is 0 Å². The predicted octanol–water partition coefficient (Wildman–Crippen LogP) is 0.662. The van der Waals surface area contributed by atoms with Crippen molar-refractivity contribution < 1.29 is 0 Å². The smallest absolute Gasteiger partial charge is 0.115 e. The zero-order valence-electron chi connectivity index (χ0n) is 5.94. The van der Waals surface area contributed by atoms with E-state index in [-0.39, 0.29) is 0 Å². The van der Waals surface area contributed by atoms with Crippen LogP contribution in [0.5, 0.6) is 0 Å². The number of hydrazine groups is 1. The largest absolute Gasteiger partial charge is 0.310 e. The molecule has 0 saturated heterocycles. The summed E-state index contributed by atoms with van der Waals surface area (Å²) in [5.41, 5.74) is 5.64.